The van der Waals surface area contributed by atoms with Gasteiger partial charge in [0.05, 0.1) is 5.57 Å². The van der Waals surface area contributed by atoms with Crippen LogP contribution in [0.5, 0.6) is 0 Å². The number of aryl methyl sites for hydroxylation is 2. The minimum absolute atomic E-state index is 0. The summed E-state index contributed by atoms with van der Waals surface area (Å²) < 4.78 is 0. The first-order valence-corrected chi connectivity index (χ1v) is 18.9. The van der Waals surface area contributed by atoms with Crippen molar-refractivity contribution in [2.45, 2.75) is 170 Å². The summed E-state index contributed by atoms with van der Waals surface area (Å²) in [6.45, 7) is 20.3. The van der Waals surface area contributed by atoms with Crippen molar-refractivity contribution in [2.24, 2.45) is 0 Å². The molecule has 0 aromatic heterocycles. The molecular formula is C44H70N2Ni. The molecule has 0 saturated carbocycles. The molecule has 2 aromatic rings. The smallest absolute Gasteiger partial charge is 0.348 e. The first-order valence-electron chi connectivity index (χ1n) is 18.9. The number of unbranched alkanes of at least 4 members (excludes halogenated alkanes) is 12. The van der Waals surface area contributed by atoms with Crippen molar-refractivity contribution >= 4 is 11.4 Å². The Morgan fingerprint density at radius 3 is 1.47 bits per heavy atom. The molecule has 0 radical (unpaired) electrons. The molecule has 2 rings (SSSR count). The van der Waals surface area contributed by atoms with Crippen molar-refractivity contribution in [3.63, 3.8) is 0 Å². The van der Waals surface area contributed by atoms with Gasteiger partial charge >= 0.3 is 22.4 Å². The molecule has 0 bridgehead atoms. The first kappa shape index (κ1) is 47.0. The van der Waals surface area contributed by atoms with Crippen molar-refractivity contribution in [1.82, 2.24) is 0 Å². The Kier molecular flexibility index (Phi) is 33.7. The minimum Gasteiger partial charge on any atom is -0.348 e. The van der Waals surface area contributed by atoms with Crippen LogP contribution in [-0.4, -0.2) is 10.7 Å². The van der Waals surface area contributed by atoms with Gasteiger partial charge in [-0.2, -0.15) is 12.8 Å². The fraction of sp³-hybridized carbons (Fsp3) is 0.591. The number of nitrogens with zero attached hydrogens (tertiary/aromatic N) is 2. The van der Waals surface area contributed by atoms with Gasteiger partial charge in [-0.15, -0.1) is 4.79 Å². The molecule has 0 saturated heterocycles. The Morgan fingerprint density at radius 1 is 0.617 bits per heavy atom. The van der Waals surface area contributed by atoms with E-state index in [4.69, 9.17) is 0 Å². The normalized spacial score (nSPS) is 10.6. The molecule has 2 nitrogen and oxygen atoms in total. The van der Waals surface area contributed by atoms with Gasteiger partial charge in [-0.25, -0.2) is 0 Å². The van der Waals surface area contributed by atoms with E-state index in [1.165, 1.54) is 123 Å². The van der Waals surface area contributed by atoms with Crippen LogP contribution in [0.15, 0.2) is 59.7 Å². The van der Waals surface area contributed by atoms with E-state index in [0.717, 1.165) is 44.1 Å². The van der Waals surface area contributed by atoms with Crippen LogP contribution in [0.2, 0.25) is 0 Å². The molecule has 0 unspecified atom stereocenters. The summed E-state index contributed by atoms with van der Waals surface area (Å²) in [5, 5.41) is 0. The molecule has 0 aliphatic carbocycles. The molecular weight excluding hydrogens is 615 g/mol. The summed E-state index contributed by atoms with van der Waals surface area (Å²) in [6, 6.07) is 18.3. The van der Waals surface area contributed by atoms with Crippen LogP contribution in [0.3, 0.4) is 0 Å². The third-order valence-corrected chi connectivity index (χ3v) is 8.28. The topological polar surface area (TPSA) is 36.4 Å². The second-order valence-electron chi connectivity index (χ2n) is 12.6. The number of rotatable bonds is 21. The monoisotopic (exact) mass is 684 g/mol. The minimum atomic E-state index is 0. The number of hydrogen-bond acceptors (Lipinski definition) is 0. The van der Waals surface area contributed by atoms with Gasteiger partial charge in [0, 0.05) is 0 Å². The van der Waals surface area contributed by atoms with Gasteiger partial charge in [-0.3, -0.25) is 0 Å². The maximum atomic E-state index is 9.37. The quantitative estimate of drug-likeness (QED) is 0.0239. The Bertz CT molecular complexity index is 1130. The van der Waals surface area contributed by atoms with E-state index in [-0.39, 0.29) is 16.5 Å². The molecule has 266 valence electrons. The summed E-state index contributed by atoms with van der Waals surface area (Å²) in [7, 11) is 0. The van der Waals surface area contributed by atoms with Crippen LogP contribution in [0, 0.1) is 13.8 Å². The second kappa shape index (κ2) is 33.7. The van der Waals surface area contributed by atoms with E-state index < -0.39 is 0 Å². The maximum Gasteiger partial charge on any atom is 2.00 e. The molecule has 0 heterocycles. The van der Waals surface area contributed by atoms with Crippen molar-refractivity contribution < 1.29 is 21.3 Å². The Balaban J connectivity index is 0. The third-order valence-electron chi connectivity index (χ3n) is 8.28. The molecule has 0 atom stereocenters. The molecule has 0 spiro atoms. The summed E-state index contributed by atoms with van der Waals surface area (Å²) >= 11 is 0. The van der Waals surface area contributed by atoms with Crippen LogP contribution in [0.4, 0.5) is 0 Å². The largest absolute Gasteiger partial charge is 2.00 e. The summed E-state index contributed by atoms with van der Waals surface area (Å²) in [6.07, 6.45) is 24.2. The van der Waals surface area contributed by atoms with Crippen LogP contribution < -0.4 is 0 Å². The van der Waals surface area contributed by atoms with Crippen molar-refractivity contribution in [2.75, 3.05) is 0 Å². The third kappa shape index (κ3) is 22.9. The van der Waals surface area contributed by atoms with Crippen molar-refractivity contribution in [3.8, 4) is 0 Å². The standard InChI is InChI=1S/C36H52N2.2C4H9.Ni/c1-5-8-11-13-14-16-21-32-23-19-25-34(28-32)36(33-24-18-22-31(27-33)20-15-10-7-3)35(30(4)29-38-37)26-17-12-9-6-2;2*1-3-4-2;/h18-19,22-25,27-28H,5-17,20-21,26H2,1-4H3;2*1,3-4H2,2H3;/q;2*-1;+2. The van der Waals surface area contributed by atoms with Gasteiger partial charge in [-0.1, -0.05) is 160 Å². The van der Waals surface area contributed by atoms with Gasteiger partial charge in [0.25, 0.3) is 0 Å². The molecule has 0 amide bonds. The van der Waals surface area contributed by atoms with Crippen molar-refractivity contribution in [3.05, 3.63) is 101 Å². The predicted octanol–water partition coefficient (Wildman–Crippen LogP) is 14.2. The Hall–Kier alpha value is -2.17. The van der Waals surface area contributed by atoms with Gasteiger partial charge < -0.3 is 19.4 Å². The number of hydrogen-bond donors (Lipinski definition) is 0. The summed E-state index contributed by atoms with van der Waals surface area (Å²) in [4.78, 5) is 3.31. The summed E-state index contributed by atoms with van der Waals surface area (Å²) in [5.74, 6) is 2.88. The summed E-state index contributed by atoms with van der Waals surface area (Å²) in [5.41, 5.74) is 18.2. The zero-order chi connectivity index (χ0) is 34.3. The predicted molar refractivity (Wildman–Crippen MR) is 206 cm³/mol. The SMILES string of the molecule is CCCCCCCCc1cccc(C(=C(CCCCCC)C(C)=C=[N+]=[N-])c2cccc(CCCCC)c2)c1.[CH2-]CCC.[CH2-]CCC.[Ni+2]. The van der Waals surface area contributed by atoms with Gasteiger partial charge in [0.15, 0.2) is 0 Å². The maximum absolute atomic E-state index is 9.37. The average molecular weight is 686 g/mol. The van der Waals surface area contributed by atoms with Crippen LogP contribution in [0.25, 0.3) is 11.1 Å². The fourth-order valence-corrected chi connectivity index (χ4v) is 5.34. The molecule has 0 fully saturated rings. The van der Waals surface area contributed by atoms with E-state index in [1.807, 2.05) is 6.92 Å². The molecule has 47 heavy (non-hydrogen) atoms. The van der Waals surface area contributed by atoms with Gasteiger partial charge in [0.2, 0.25) is 0 Å². The van der Waals surface area contributed by atoms with E-state index in [0.29, 0.717) is 0 Å². The second-order valence-corrected chi connectivity index (χ2v) is 12.6. The van der Waals surface area contributed by atoms with Crippen LogP contribution >= 0.6 is 0 Å². The van der Waals surface area contributed by atoms with Crippen LogP contribution in [0.1, 0.15) is 179 Å². The van der Waals surface area contributed by atoms with E-state index in [9.17, 15) is 5.53 Å². The fourth-order valence-electron chi connectivity index (χ4n) is 5.34. The van der Waals surface area contributed by atoms with Gasteiger partial charge in [-0.05, 0) is 78.8 Å². The molecule has 3 heteroatoms. The van der Waals surface area contributed by atoms with Gasteiger partial charge in [0.1, 0.15) is 0 Å². The molecule has 0 aliphatic rings. The Labute approximate surface area is 302 Å². The Morgan fingerprint density at radius 2 is 1.02 bits per heavy atom. The van der Waals surface area contributed by atoms with E-state index >= 15 is 0 Å². The van der Waals surface area contributed by atoms with Crippen molar-refractivity contribution in [1.29, 1.82) is 0 Å². The zero-order valence-corrected chi connectivity index (χ0v) is 32.4. The van der Waals surface area contributed by atoms with E-state index in [1.54, 1.807) is 0 Å². The molecule has 0 N–H and O–H groups in total. The first-order chi connectivity index (χ1) is 22.5. The molecule has 0 aliphatic heterocycles. The number of allylic oxidation sites excluding steroid dienone is 2. The number of benzene rings is 2. The average Bonchev–Trinajstić information content (AvgIpc) is 3.08. The van der Waals surface area contributed by atoms with Crippen LogP contribution in [-0.2, 0) is 29.3 Å². The zero-order valence-electron chi connectivity index (χ0n) is 31.4. The molecule has 2 aromatic carbocycles. The van der Waals surface area contributed by atoms with E-state index in [2.05, 4.69) is 108 Å².